The SMILES string of the molecule is C=C[C@@H](Cc1ccc(OC)cc1)c1ccc(C(F)(F)F)cc1. The van der Waals surface area contributed by atoms with E-state index in [4.69, 9.17) is 4.74 Å². The minimum atomic E-state index is -4.31. The lowest BCUT2D eigenvalue weighted by Crippen LogP contribution is -2.06. The predicted octanol–water partition coefficient (Wildman–Crippen LogP) is 5.23. The molecule has 116 valence electrons. The van der Waals surface area contributed by atoms with Gasteiger partial charge in [0.05, 0.1) is 12.7 Å². The highest BCUT2D eigenvalue weighted by Gasteiger charge is 2.30. The second-order valence-electron chi connectivity index (χ2n) is 5.01. The van der Waals surface area contributed by atoms with Crippen LogP contribution >= 0.6 is 0 Å². The van der Waals surface area contributed by atoms with Crippen molar-refractivity contribution in [2.75, 3.05) is 7.11 Å². The van der Waals surface area contributed by atoms with Crippen LogP contribution < -0.4 is 4.74 Å². The van der Waals surface area contributed by atoms with Gasteiger partial charge in [-0.15, -0.1) is 6.58 Å². The number of benzene rings is 2. The lowest BCUT2D eigenvalue weighted by molar-refractivity contribution is -0.137. The molecule has 0 heterocycles. The van der Waals surface area contributed by atoms with Gasteiger partial charge in [-0.25, -0.2) is 0 Å². The van der Waals surface area contributed by atoms with Gasteiger partial charge in [-0.1, -0.05) is 30.3 Å². The fourth-order valence-electron chi connectivity index (χ4n) is 2.27. The van der Waals surface area contributed by atoms with Gasteiger partial charge in [-0.2, -0.15) is 13.2 Å². The van der Waals surface area contributed by atoms with Crippen LogP contribution in [0.1, 0.15) is 22.6 Å². The molecule has 0 spiro atoms. The molecule has 0 unspecified atom stereocenters. The summed E-state index contributed by atoms with van der Waals surface area (Å²) in [5.74, 6) is 0.740. The van der Waals surface area contributed by atoms with Gasteiger partial charge in [0.15, 0.2) is 0 Å². The third kappa shape index (κ3) is 3.91. The van der Waals surface area contributed by atoms with E-state index < -0.39 is 11.7 Å². The molecule has 22 heavy (non-hydrogen) atoms. The second-order valence-corrected chi connectivity index (χ2v) is 5.01. The summed E-state index contributed by atoms with van der Waals surface area (Å²) in [5.41, 5.74) is 1.26. The van der Waals surface area contributed by atoms with Gasteiger partial charge in [0.1, 0.15) is 5.75 Å². The number of methoxy groups -OCH3 is 1. The van der Waals surface area contributed by atoms with Gasteiger partial charge in [0, 0.05) is 5.92 Å². The van der Waals surface area contributed by atoms with Gasteiger partial charge in [0.25, 0.3) is 0 Å². The minimum absolute atomic E-state index is 0.0318. The summed E-state index contributed by atoms with van der Waals surface area (Å²) in [4.78, 5) is 0. The first-order valence-electron chi connectivity index (χ1n) is 6.86. The summed E-state index contributed by atoms with van der Waals surface area (Å²) in [7, 11) is 1.60. The van der Waals surface area contributed by atoms with Crippen molar-refractivity contribution in [2.24, 2.45) is 0 Å². The van der Waals surface area contributed by atoms with Crippen molar-refractivity contribution in [1.82, 2.24) is 0 Å². The van der Waals surface area contributed by atoms with Crippen LogP contribution in [0.3, 0.4) is 0 Å². The van der Waals surface area contributed by atoms with Crippen LogP contribution in [-0.2, 0) is 12.6 Å². The van der Waals surface area contributed by atoms with Crippen molar-refractivity contribution in [3.8, 4) is 5.75 Å². The first-order valence-corrected chi connectivity index (χ1v) is 6.86. The molecule has 0 aliphatic rings. The summed E-state index contributed by atoms with van der Waals surface area (Å²) in [5, 5.41) is 0. The van der Waals surface area contributed by atoms with E-state index in [1.54, 1.807) is 13.2 Å². The molecular formula is C18H17F3O. The van der Waals surface area contributed by atoms with Crippen molar-refractivity contribution in [3.63, 3.8) is 0 Å². The molecule has 2 aromatic rings. The molecule has 2 aromatic carbocycles. The average molecular weight is 306 g/mol. The van der Waals surface area contributed by atoms with Crippen molar-refractivity contribution in [1.29, 1.82) is 0 Å². The van der Waals surface area contributed by atoms with Crippen LogP contribution in [0.2, 0.25) is 0 Å². The van der Waals surface area contributed by atoms with Crippen molar-refractivity contribution >= 4 is 0 Å². The molecule has 0 fully saturated rings. The van der Waals surface area contributed by atoms with Gasteiger partial charge in [-0.05, 0) is 41.8 Å². The van der Waals surface area contributed by atoms with E-state index in [1.807, 2.05) is 24.3 Å². The van der Waals surface area contributed by atoms with Crippen molar-refractivity contribution in [3.05, 3.63) is 77.9 Å². The Morgan fingerprint density at radius 3 is 2.09 bits per heavy atom. The largest absolute Gasteiger partial charge is 0.497 e. The second kappa shape index (κ2) is 6.69. The number of hydrogen-bond acceptors (Lipinski definition) is 1. The molecule has 0 aliphatic carbocycles. The fraction of sp³-hybridized carbons (Fsp3) is 0.222. The fourth-order valence-corrected chi connectivity index (χ4v) is 2.27. The normalized spacial score (nSPS) is 12.7. The van der Waals surface area contributed by atoms with E-state index >= 15 is 0 Å². The third-order valence-electron chi connectivity index (χ3n) is 3.57. The van der Waals surface area contributed by atoms with E-state index in [2.05, 4.69) is 6.58 Å². The van der Waals surface area contributed by atoms with E-state index in [1.165, 1.54) is 12.1 Å². The van der Waals surface area contributed by atoms with Crippen LogP contribution in [-0.4, -0.2) is 7.11 Å². The zero-order valence-electron chi connectivity index (χ0n) is 12.2. The van der Waals surface area contributed by atoms with Gasteiger partial charge >= 0.3 is 6.18 Å². The quantitative estimate of drug-likeness (QED) is 0.688. The zero-order valence-corrected chi connectivity index (χ0v) is 12.2. The lowest BCUT2D eigenvalue weighted by Gasteiger charge is -2.15. The molecule has 0 N–H and O–H groups in total. The van der Waals surface area contributed by atoms with Crippen LogP contribution in [0.15, 0.2) is 61.2 Å². The minimum Gasteiger partial charge on any atom is -0.497 e. The van der Waals surface area contributed by atoms with Crippen LogP contribution in [0.25, 0.3) is 0 Å². The Balaban J connectivity index is 2.15. The monoisotopic (exact) mass is 306 g/mol. The van der Waals surface area contributed by atoms with Gasteiger partial charge < -0.3 is 4.74 Å². The molecule has 1 atom stereocenters. The van der Waals surface area contributed by atoms with Gasteiger partial charge in [0.2, 0.25) is 0 Å². The smallest absolute Gasteiger partial charge is 0.416 e. The Labute approximate surface area is 128 Å². The molecule has 0 radical (unpaired) electrons. The Hall–Kier alpha value is -2.23. The third-order valence-corrected chi connectivity index (χ3v) is 3.57. The summed E-state index contributed by atoms with van der Waals surface area (Å²) in [6.07, 6.45) is -1.87. The highest BCUT2D eigenvalue weighted by atomic mass is 19.4. The summed E-state index contributed by atoms with van der Waals surface area (Å²) < 4.78 is 42.9. The number of rotatable bonds is 5. The number of alkyl halides is 3. The molecule has 1 nitrogen and oxygen atoms in total. The summed E-state index contributed by atoms with van der Waals surface area (Å²) >= 11 is 0. The van der Waals surface area contributed by atoms with Crippen LogP contribution in [0.5, 0.6) is 5.75 Å². The summed E-state index contributed by atoms with van der Waals surface area (Å²) in [6.45, 7) is 3.79. The first-order chi connectivity index (χ1) is 10.4. The van der Waals surface area contributed by atoms with E-state index in [9.17, 15) is 13.2 Å². The molecule has 0 bridgehead atoms. The average Bonchev–Trinajstić information content (AvgIpc) is 2.52. The zero-order chi connectivity index (χ0) is 16.2. The number of ether oxygens (including phenoxy) is 1. The molecule has 4 heteroatoms. The molecular weight excluding hydrogens is 289 g/mol. The highest BCUT2D eigenvalue weighted by molar-refractivity contribution is 5.33. The van der Waals surface area contributed by atoms with Gasteiger partial charge in [-0.3, -0.25) is 0 Å². The molecule has 0 saturated heterocycles. The van der Waals surface area contributed by atoms with Crippen molar-refractivity contribution in [2.45, 2.75) is 18.5 Å². The standard InChI is InChI=1S/C18H17F3O/c1-3-14(12-13-4-10-17(22-2)11-5-13)15-6-8-16(9-7-15)18(19,20)21/h3-11,14H,1,12H2,2H3/t14-/m0/s1. The first kappa shape index (κ1) is 16.1. The summed E-state index contributed by atoms with van der Waals surface area (Å²) in [6, 6.07) is 12.9. The van der Waals surface area contributed by atoms with Crippen LogP contribution in [0, 0.1) is 0 Å². The Bertz CT molecular complexity index is 612. The molecule has 0 aromatic heterocycles. The molecule has 0 saturated carbocycles. The maximum atomic E-state index is 12.6. The lowest BCUT2D eigenvalue weighted by atomic mass is 9.91. The van der Waals surface area contributed by atoms with E-state index in [-0.39, 0.29) is 5.92 Å². The highest BCUT2D eigenvalue weighted by Crippen LogP contribution is 2.31. The Morgan fingerprint density at radius 2 is 1.64 bits per heavy atom. The Kier molecular flexibility index (Phi) is 4.91. The molecule has 0 amide bonds. The Morgan fingerprint density at radius 1 is 1.05 bits per heavy atom. The number of halogens is 3. The molecule has 0 aliphatic heterocycles. The topological polar surface area (TPSA) is 9.23 Å². The van der Waals surface area contributed by atoms with E-state index in [0.717, 1.165) is 29.0 Å². The molecule has 2 rings (SSSR count). The maximum Gasteiger partial charge on any atom is 0.416 e. The van der Waals surface area contributed by atoms with Crippen molar-refractivity contribution < 1.29 is 17.9 Å². The predicted molar refractivity (Wildman–Crippen MR) is 81.1 cm³/mol. The van der Waals surface area contributed by atoms with Crippen LogP contribution in [0.4, 0.5) is 13.2 Å². The number of hydrogen-bond donors (Lipinski definition) is 0. The number of allylic oxidation sites excluding steroid dienone is 1. The van der Waals surface area contributed by atoms with E-state index in [0.29, 0.717) is 6.42 Å². The maximum absolute atomic E-state index is 12.6.